The number of aromatic nitrogens is 4. The van der Waals surface area contributed by atoms with Crippen LogP contribution in [0, 0.1) is 0 Å². The summed E-state index contributed by atoms with van der Waals surface area (Å²) in [5.74, 6) is 1.13. The molecule has 1 unspecified atom stereocenters. The molecular weight excluding hydrogens is 446 g/mol. The van der Waals surface area contributed by atoms with Gasteiger partial charge in [-0.05, 0) is 37.3 Å². The van der Waals surface area contributed by atoms with E-state index < -0.39 is 0 Å². The van der Waals surface area contributed by atoms with Gasteiger partial charge in [-0.25, -0.2) is 0 Å². The van der Waals surface area contributed by atoms with Crippen molar-refractivity contribution in [2.24, 2.45) is 0 Å². The van der Waals surface area contributed by atoms with Crippen molar-refractivity contribution >= 4 is 28.6 Å². The molecule has 1 saturated heterocycles. The molecule has 1 aliphatic rings. The van der Waals surface area contributed by atoms with Gasteiger partial charge < -0.3 is 15.0 Å². The van der Waals surface area contributed by atoms with Crippen LogP contribution in [0.4, 0.5) is 0 Å². The maximum absolute atomic E-state index is 12.5. The van der Waals surface area contributed by atoms with Gasteiger partial charge in [-0.15, -0.1) is 10.2 Å². The van der Waals surface area contributed by atoms with Crippen LogP contribution in [0.15, 0.2) is 66.0 Å². The van der Waals surface area contributed by atoms with Crippen LogP contribution in [0.1, 0.15) is 24.8 Å². The molecule has 0 saturated carbocycles. The summed E-state index contributed by atoms with van der Waals surface area (Å²) in [5.41, 5.74) is 3.37. The van der Waals surface area contributed by atoms with Gasteiger partial charge in [0.2, 0.25) is 5.91 Å². The number of H-pyrrole nitrogens is 1. The van der Waals surface area contributed by atoms with Gasteiger partial charge in [0.25, 0.3) is 0 Å². The van der Waals surface area contributed by atoms with Crippen molar-refractivity contribution in [3.8, 4) is 11.4 Å². The Morgan fingerprint density at radius 2 is 2.00 bits per heavy atom. The largest absolute Gasteiger partial charge is 0.376 e. The van der Waals surface area contributed by atoms with Gasteiger partial charge in [-0.2, -0.15) is 0 Å². The second-order valence-corrected chi connectivity index (χ2v) is 9.47. The molecule has 4 aromatic rings. The topological polar surface area (TPSA) is 84.8 Å². The first-order valence-corrected chi connectivity index (χ1v) is 12.8. The fraction of sp³-hybridized carbons (Fsp3) is 0.346. The number of benzene rings is 2. The van der Waals surface area contributed by atoms with E-state index in [-0.39, 0.29) is 12.0 Å². The van der Waals surface area contributed by atoms with E-state index in [1.54, 1.807) is 0 Å². The normalized spacial score (nSPS) is 15.7. The predicted molar refractivity (Wildman–Crippen MR) is 135 cm³/mol. The Morgan fingerprint density at radius 1 is 1.15 bits per heavy atom. The number of hydrogen-bond donors (Lipinski definition) is 2. The zero-order valence-corrected chi connectivity index (χ0v) is 19.9. The Hall–Kier alpha value is -3.10. The van der Waals surface area contributed by atoms with Crippen molar-refractivity contribution in [2.75, 3.05) is 18.9 Å². The highest BCUT2D eigenvalue weighted by Gasteiger charge is 2.23. The second kappa shape index (κ2) is 10.9. The van der Waals surface area contributed by atoms with Gasteiger partial charge in [0, 0.05) is 35.8 Å². The quantitative estimate of drug-likeness (QED) is 0.262. The van der Waals surface area contributed by atoms with Crippen molar-refractivity contribution in [3.63, 3.8) is 0 Å². The first-order chi connectivity index (χ1) is 16.8. The van der Waals surface area contributed by atoms with Gasteiger partial charge in [-0.1, -0.05) is 60.3 Å². The number of rotatable bonds is 10. The lowest BCUT2D eigenvalue weighted by molar-refractivity contribution is -0.118. The number of para-hydroxylation sites is 1. The van der Waals surface area contributed by atoms with Gasteiger partial charge in [0.05, 0.1) is 18.4 Å². The van der Waals surface area contributed by atoms with E-state index in [9.17, 15) is 4.79 Å². The van der Waals surface area contributed by atoms with Crippen molar-refractivity contribution in [3.05, 3.63) is 66.4 Å². The number of nitrogens with one attached hydrogen (secondary N) is 2. The highest BCUT2D eigenvalue weighted by molar-refractivity contribution is 7.99. The SMILES string of the molecule is O=C(CSc1nnc(-c2c[nH]c3ccccc23)n1CC1CCCO1)NCCCc1ccccc1. The number of aryl methyl sites for hydroxylation is 1. The third-order valence-electron chi connectivity index (χ3n) is 6.10. The van der Waals surface area contributed by atoms with Crippen molar-refractivity contribution < 1.29 is 9.53 Å². The summed E-state index contributed by atoms with van der Waals surface area (Å²) in [6, 6.07) is 18.5. The van der Waals surface area contributed by atoms with Crippen molar-refractivity contribution in [2.45, 2.75) is 43.5 Å². The van der Waals surface area contributed by atoms with Gasteiger partial charge in [0.15, 0.2) is 11.0 Å². The van der Waals surface area contributed by atoms with Gasteiger partial charge >= 0.3 is 0 Å². The minimum absolute atomic E-state index is 0.0124. The smallest absolute Gasteiger partial charge is 0.230 e. The Labute approximate surface area is 203 Å². The van der Waals surface area contributed by atoms with E-state index in [4.69, 9.17) is 4.74 Å². The molecule has 8 heteroatoms. The van der Waals surface area contributed by atoms with E-state index >= 15 is 0 Å². The number of thioether (sulfide) groups is 1. The highest BCUT2D eigenvalue weighted by Crippen LogP contribution is 2.31. The highest BCUT2D eigenvalue weighted by atomic mass is 32.2. The van der Waals surface area contributed by atoms with Crippen LogP contribution in [0.25, 0.3) is 22.3 Å². The number of amides is 1. The summed E-state index contributed by atoms with van der Waals surface area (Å²) in [6.07, 6.45) is 6.10. The molecular formula is C26H29N5O2S. The number of nitrogens with zero attached hydrogens (tertiary/aromatic N) is 3. The Morgan fingerprint density at radius 3 is 2.85 bits per heavy atom. The number of hydrogen-bond acceptors (Lipinski definition) is 5. The molecule has 2 N–H and O–H groups in total. The molecule has 7 nitrogen and oxygen atoms in total. The van der Waals surface area contributed by atoms with Crippen molar-refractivity contribution in [1.82, 2.24) is 25.1 Å². The van der Waals surface area contributed by atoms with Crippen LogP contribution in [-0.2, 0) is 22.5 Å². The second-order valence-electron chi connectivity index (χ2n) is 8.53. The van der Waals surface area contributed by atoms with E-state index in [1.807, 2.05) is 36.5 Å². The summed E-state index contributed by atoms with van der Waals surface area (Å²) >= 11 is 1.43. The minimum Gasteiger partial charge on any atom is -0.376 e. The molecule has 1 aliphatic heterocycles. The average molecular weight is 476 g/mol. The summed E-state index contributed by atoms with van der Waals surface area (Å²) in [4.78, 5) is 15.8. The number of fused-ring (bicyclic) bond motifs is 1. The lowest BCUT2D eigenvalue weighted by Crippen LogP contribution is -2.26. The molecule has 34 heavy (non-hydrogen) atoms. The number of carbonyl (C=O) groups is 1. The Kier molecular flexibility index (Phi) is 7.26. The van der Waals surface area contributed by atoms with Crippen LogP contribution in [0.3, 0.4) is 0 Å². The van der Waals surface area contributed by atoms with Gasteiger partial charge in [-0.3, -0.25) is 9.36 Å². The summed E-state index contributed by atoms with van der Waals surface area (Å²) < 4.78 is 8.01. The first-order valence-electron chi connectivity index (χ1n) is 11.8. The third-order valence-corrected chi connectivity index (χ3v) is 7.06. The molecule has 0 aliphatic carbocycles. The third kappa shape index (κ3) is 5.34. The maximum Gasteiger partial charge on any atom is 0.230 e. The molecule has 0 bridgehead atoms. The lowest BCUT2D eigenvalue weighted by Gasteiger charge is -2.14. The van der Waals surface area contributed by atoms with Gasteiger partial charge in [0.1, 0.15) is 0 Å². The Balaban J connectivity index is 1.24. The molecule has 1 amide bonds. The van der Waals surface area contributed by atoms with E-state index in [0.29, 0.717) is 18.8 Å². The monoisotopic (exact) mass is 475 g/mol. The van der Waals surface area contributed by atoms with Crippen LogP contribution in [0.5, 0.6) is 0 Å². The molecule has 0 radical (unpaired) electrons. The summed E-state index contributed by atoms with van der Waals surface area (Å²) in [6.45, 7) is 2.14. The van der Waals surface area contributed by atoms with Crippen molar-refractivity contribution in [1.29, 1.82) is 0 Å². The number of carbonyl (C=O) groups excluding carboxylic acids is 1. The number of ether oxygens (including phenoxy) is 1. The zero-order chi connectivity index (χ0) is 23.2. The summed E-state index contributed by atoms with van der Waals surface area (Å²) in [7, 11) is 0. The van der Waals surface area contributed by atoms with E-state index in [0.717, 1.165) is 59.7 Å². The molecule has 2 aromatic heterocycles. The molecule has 5 rings (SSSR count). The van der Waals surface area contributed by atoms with Crippen LogP contribution >= 0.6 is 11.8 Å². The minimum atomic E-state index is 0.0124. The zero-order valence-electron chi connectivity index (χ0n) is 19.1. The fourth-order valence-electron chi connectivity index (χ4n) is 4.35. The Bertz CT molecular complexity index is 1230. The fourth-order valence-corrected chi connectivity index (χ4v) is 5.13. The van der Waals surface area contributed by atoms with E-state index in [1.165, 1.54) is 17.3 Å². The molecule has 176 valence electrons. The van der Waals surface area contributed by atoms with Crippen LogP contribution in [0.2, 0.25) is 0 Å². The lowest BCUT2D eigenvalue weighted by atomic mass is 10.1. The standard InChI is InChI=1S/C26H29N5O2S/c32-24(27-14-6-10-19-8-2-1-3-9-19)18-34-26-30-29-25(31(26)17-20-11-7-15-33-20)22-16-28-23-13-5-4-12-21(22)23/h1-5,8-9,12-13,16,20,28H,6-7,10-11,14-15,17-18H2,(H,27,32). The maximum atomic E-state index is 12.5. The molecule has 0 spiro atoms. The molecule has 2 aromatic carbocycles. The van der Waals surface area contributed by atoms with Crippen LogP contribution < -0.4 is 5.32 Å². The number of aromatic amines is 1. The first kappa shape index (κ1) is 22.7. The average Bonchev–Trinajstić information content (AvgIpc) is 3.62. The predicted octanol–water partition coefficient (Wildman–Crippen LogP) is 4.45. The molecule has 1 fully saturated rings. The van der Waals surface area contributed by atoms with E-state index in [2.05, 4.69) is 49.3 Å². The molecule has 1 atom stereocenters. The summed E-state index contributed by atoms with van der Waals surface area (Å²) in [5, 5.41) is 13.9. The van der Waals surface area contributed by atoms with Crippen LogP contribution in [-0.4, -0.2) is 50.7 Å². The molecule has 3 heterocycles.